The first-order valence-electron chi connectivity index (χ1n) is 5.18. The lowest BCUT2D eigenvalue weighted by atomic mass is 10.1. The van der Waals surface area contributed by atoms with Crippen molar-refractivity contribution in [3.05, 3.63) is 35.9 Å². The molecular weight excluding hydrogens is 202 g/mol. The molecule has 0 aliphatic carbocycles. The first kappa shape index (κ1) is 12.2. The molecule has 1 amide bonds. The lowest BCUT2D eigenvalue weighted by molar-refractivity contribution is -0.122. The molecule has 0 spiro atoms. The van der Waals surface area contributed by atoms with E-state index in [1.807, 2.05) is 36.4 Å². The fraction of sp³-hybridized carbons (Fsp3) is 0.333. The third-order valence-electron chi connectivity index (χ3n) is 2.17. The number of hydrogen-bond acceptors (Lipinski definition) is 3. The molecule has 1 aromatic rings. The van der Waals surface area contributed by atoms with Crippen LogP contribution < -0.4 is 11.1 Å². The van der Waals surface area contributed by atoms with Crippen LogP contribution in [0.3, 0.4) is 0 Å². The summed E-state index contributed by atoms with van der Waals surface area (Å²) in [6.07, 6.45) is 0.822. The van der Waals surface area contributed by atoms with Crippen LogP contribution in [0.2, 0.25) is 0 Å². The molecule has 16 heavy (non-hydrogen) atoms. The van der Waals surface area contributed by atoms with Crippen molar-refractivity contribution >= 4 is 5.91 Å². The molecule has 0 aliphatic heterocycles. The maximum absolute atomic E-state index is 11.5. The van der Waals surface area contributed by atoms with E-state index in [-0.39, 0.29) is 5.91 Å². The summed E-state index contributed by atoms with van der Waals surface area (Å²) < 4.78 is 0. The molecule has 0 bridgehead atoms. The lowest BCUT2D eigenvalue weighted by Gasteiger charge is -2.11. The molecule has 84 valence electrons. The van der Waals surface area contributed by atoms with Crippen molar-refractivity contribution in [3.63, 3.8) is 0 Å². The summed E-state index contributed by atoms with van der Waals surface area (Å²) in [5.74, 6) is -0.209. The van der Waals surface area contributed by atoms with Crippen LogP contribution in [0.15, 0.2) is 30.3 Å². The van der Waals surface area contributed by atoms with E-state index in [1.54, 1.807) is 0 Å². The zero-order valence-electron chi connectivity index (χ0n) is 9.02. The number of amides is 1. The topological polar surface area (TPSA) is 78.9 Å². The summed E-state index contributed by atoms with van der Waals surface area (Å²) in [6, 6.07) is 11.0. The van der Waals surface area contributed by atoms with Gasteiger partial charge in [-0.25, -0.2) is 0 Å². The van der Waals surface area contributed by atoms with Crippen LogP contribution in [-0.2, 0) is 11.2 Å². The number of nitrogens with one attached hydrogen (secondary N) is 1. The molecular formula is C12H15N3O. The van der Waals surface area contributed by atoms with Gasteiger partial charge in [-0.2, -0.15) is 5.26 Å². The monoisotopic (exact) mass is 217 g/mol. The highest BCUT2D eigenvalue weighted by atomic mass is 16.2. The van der Waals surface area contributed by atoms with Gasteiger partial charge in [0.05, 0.1) is 18.5 Å². The van der Waals surface area contributed by atoms with E-state index >= 15 is 0 Å². The Balaban J connectivity index is 2.38. The number of carbonyl (C=O) groups is 1. The molecule has 0 heterocycles. The highest BCUT2D eigenvalue weighted by molar-refractivity contribution is 5.81. The fourth-order valence-corrected chi connectivity index (χ4v) is 1.33. The Morgan fingerprint density at radius 3 is 2.75 bits per heavy atom. The largest absolute Gasteiger partial charge is 0.354 e. The van der Waals surface area contributed by atoms with Crippen molar-refractivity contribution in [2.45, 2.75) is 18.9 Å². The minimum Gasteiger partial charge on any atom is -0.354 e. The molecule has 4 heteroatoms. The summed E-state index contributed by atoms with van der Waals surface area (Å²) in [4.78, 5) is 11.5. The second kappa shape index (κ2) is 6.59. The van der Waals surface area contributed by atoms with Crippen LogP contribution in [0.4, 0.5) is 0 Å². The number of nitriles is 1. The summed E-state index contributed by atoms with van der Waals surface area (Å²) in [5, 5.41) is 10.9. The van der Waals surface area contributed by atoms with Gasteiger partial charge in [-0.15, -0.1) is 0 Å². The Morgan fingerprint density at radius 2 is 2.12 bits per heavy atom. The summed E-state index contributed by atoms with van der Waals surface area (Å²) in [6.45, 7) is 0.359. The Hall–Kier alpha value is -1.86. The molecule has 0 aromatic heterocycles. The summed E-state index contributed by atoms with van der Waals surface area (Å²) in [5.41, 5.74) is 6.77. The molecule has 4 nitrogen and oxygen atoms in total. The number of hydrogen-bond donors (Lipinski definition) is 2. The SMILES string of the molecule is N#CCCNC(=O)[C@H](N)Cc1ccccc1. The molecule has 0 unspecified atom stereocenters. The zero-order chi connectivity index (χ0) is 11.8. The van der Waals surface area contributed by atoms with E-state index in [0.29, 0.717) is 19.4 Å². The van der Waals surface area contributed by atoms with Crippen molar-refractivity contribution in [3.8, 4) is 6.07 Å². The van der Waals surface area contributed by atoms with E-state index in [4.69, 9.17) is 11.0 Å². The van der Waals surface area contributed by atoms with E-state index in [1.165, 1.54) is 0 Å². The van der Waals surface area contributed by atoms with Gasteiger partial charge in [-0.05, 0) is 12.0 Å². The van der Waals surface area contributed by atoms with Gasteiger partial charge in [-0.3, -0.25) is 4.79 Å². The molecule has 0 radical (unpaired) electrons. The molecule has 1 atom stereocenters. The average molecular weight is 217 g/mol. The van der Waals surface area contributed by atoms with E-state index in [0.717, 1.165) is 5.56 Å². The van der Waals surface area contributed by atoms with Gasteiger partial charge in [0, 0.05) is 6.54 Å². The highest BCUT2D eigenvalue weighted by Gasteiger charge is 2.12. The third-order valence-corrected chi connectivity index (χ3v) is 2.17. The number of nitrogens with zero attached hydrogens (tertiary/aromatic N) is 1. The Labute approximate surface area is 95.1 Å². The van der Waals surface area contributed by atoms with Gasteiger partial charge in [0.15, 0.2) is 0 Å². The van der Waals surface area contributed by atoms with Crippen molar-refractivity contribution < 1.29 is 4.79 Å². The van der Waals surface area contributed by atoms with Gasteiger partial charge < -0.3 is 11.1 Å². The van der Waals surface area contributed by atoms with Crippen molar-refractivity contribution in [2.24, 2.45) is 5.73 Å². The lowest BCUT2D eigenvalue weighted by Crippen LogP contribution is -2.42. The second-order valence-electron chi connectivity index (χ2n) is 3.50. The minimum absolute atomic E-state index is 0.209. The van der Waals surface area contributed by atoms with Crippen LogP contribution in [0, 0.1) is 11.3 Å². The van der Waals surface area contributed by atoms with Gasteiger partial charge in [0.1, 0.15) is 0 Å². The predicted octanol–water partition coefficient (Wildman–Crippen LogP) is 0.586. The number of rotatable bonds is 5. The van der Waals surface area contributed by atoms with Crippen LogP contribution in [-0.4, -0.2) is 18.5 Å². The van der Waals surface area contributed by atoms with Crippen molar-refractivity contribution in [1.82, 2.24) is 5.32 Å². The normalized spacial score (nSPS) is 11.5. The Morgan fingerprint density at radius 1 is 1.44 bits per heavy atom. The highest BCUT2D eigenvalue weighted by Crippen LogP contribution is 2.01. The zero-order valence-corrected chi connectivity index (χ0v) is 9.02. The van der Waals surface area contributed by atoms with Crippen molar-refractivity contribution in [1.29, 1.82) is 5.26 Å². The standard InChI is InChI=1S/C12H15N3O/c13-7-4-8-15-12(16)11(14)9-10-5-2-1-3-6-10/h1-3,5-6,11H,4,8-9,14H2,(H,15,16)/t11-/m1/s1. The third kappa shape index (κ3) is 4.11. The van der Waals surface area contributed by atoms with Crippen LogP contribution in [0.1, 0.15) is 12.0 Å². The first-order chi connectivity index (χ1) is 7.74. The Bertz CT molecular complexity index is 370. The molecule has 1 aromatic carbocycles. The first-order valence-corrected chi connectivity index (χ1v) is 5.18. The molecule has 0 saturated heterocycles. The average Bonchev–Trinajstić information content (AvgIpc) is 2.30. The molecule has 1 rings (SSSR count). The van der Waals surface area contributed by atoms with E-state index < -0.39 is 6.04 Å². The van der Waals surface area contributed by atoms with Gasteiger partial charge in [0.25, 0.3) is 0 Å². The minimum atomic E-state index is -0.555. The smallest absolute Gasteiger partial charge is 0.237 e. The number of carbonyl (C=O) groups excluding carboxylic acids is 1. The van der Waals surface area contributed by atoms with Gasteiger partial charge in [0.2, 0.25) is 5.91 Å². The predicted molar refractivity (Wildman–Crippen MR) is 61.4 cm³/mol. The molecule has 0 fully saturated rings. The molecule has 0 saturated carbocycles. The fourth-order valence-electron chi connectivity index (χ4n) is 1.33. The molecule has 3 N–H and O–H groups in total. The van der Waals surface area contributed by atoms with Gasteiger partial charge in [-0.1, -0.05) is 30.3 Å². The van der Waals surface area contributed by atoms with Gasteiger partial charge >= 0.3 is 0 Å². The van der Waals surface area contributed by atoms with E-state index in [2.05, 4.69) is 5.32 Å². The van der Waals surface area contributed by atoms with Crippen molar-refractivity contribution in [2.75, 3.05) is 6.54 Å². The van der Waals surface area contributed by atoms with Crippen LogP contribution >= 0.6 is 0 Å². The van der Waals surface area contributed by atoms with Crippen LogP contribution in [0.25, 0.3) is 0 Å². The van der Waals surface area contributed by atoms with E-state index in [9.17, 15) is 4.79 Å². The van der Waals surface area contributed by atoms with Crippen LogP contribution in [0.5, 0.6) is 0 Å². The number of nitrogens with two attached hydrogens (primary N) is 1. The summed E-state index contributed by atoms with van der Waals surface area (Å²) in [7, 11) is 0. The number of benzene rings is 1. The summed E-state index contributed by atoms with van der Waals surface area (Å²) >= 11 is 0. The Kier molecular flexibility index (Phi) is 5.03. The quantitative estimate of drug-likeness (QED) is 0.708. The molecule has 0 aliphatic rings. The maximum Gasteiger partial charge on any atom is 0.237 e. The second-order valence-corrected chi connectivity index (χ2v) is 3.50. The maximum atomic E-state index is 11.5.